The molecule has 0 spiro atoms. The van der Waals surface area contributed by atoms with E-state index in [4.69, 9.17) is 0 Å². The molecule has 4 heteroatoms. The molecule has 0 aromatic rings. The van der Waals surface area contributed by atoms with Crippen LogP contribution in [-0.4, -0.2) is 44.3 Å². The highest BCUT2D eigenvalue weighted by atomic mass is 16.4. The largest absolute Gasteiger partial charge is 0.390 e. The van der Waals surface area contributed by atoms with E-state index in [1.165, 1.54) is 6.92 Å². The zero-order chi connectivity index (χ0) is 10.6. The molecule has 4 unspecified atom stereocenters. The quantitative estimate of drug-likeness (QED) is 0.479. The predicted octanol–water partition coefficient (Wildman–Crippen LogP) is -0.360. The molecule has 0 fully saturated rings. The fourth-order valence-electron chi connectivity index (χ4n) is 1.22. The maximum atomic E-state index is 9.69. The summed E-state index contributed by atoms with van der Waals surface area (Å²) in [6, 6.07) is 0. The standard InChI is InChI=1S/C9H20O4/c1-4-6(10)8(12)9(3,13)7(11)5-2/h6-8,10-13H,4-5H2,1-3H3. The highest BCUT2D eigenvalue weighted by Crippen LogP contribution is 2.21. The fourth-order valence-corrected chi connectivity index (χ4v) is 1.22. The Morgan fingerprint density at radius 2 is 1.54 bits per heavy atom. The van der Waals surface area contributed by atoms with Gasteiger partial charge >= 0.3 is 0 Å². The van der Waals surface area contributed by atoms with Gasteiger partial charge in [0.15, 0.2) is 0 Å². The summed E-state index contributed by atoms with van der Waals surface area (Å²) in [6.07, 6.45) is -2.67. The third-order valence-electron chi connectivity index (χ3n) is 2.44. The molecule has 0 aromatic heterocycles. The van der Waals surface area contributed by atoms with Crippen molar-refractivity contribution in [1.82, 2.24) is 0 Å². The molecule has 0 bridgehead atoms. The zero-order valence-electron chi connectivity index (χ0n) is 8.44. The zero-order valence-corrected chi connectivity index (χ0v) is 8.44. The second kappa shape index (κ2) is 4.91. The van der Waals surface area contributed by atoms with E-state index < -0.39 is 23.9 Å². The lowest BCUT2D eigenvalue weighted by Gasteiger charge is -2.35. The van der Waals surface area contributed by atoms with E-state index in [1.54, 1.807) is 13.8 Å². The number of aliphatic hydroxyl groups excluding tert-OH is 3. The van der Waals surface area contributed by atoms with Crippen molar-refractivity contribution in [3.63, 3.8) is 0 Å². The van der Waals surface area contributed by atoms with Crippen LogP contribution < -0.4 is 0 Å². The van der Waals surface area contributed by atoms with Crippen LogP contribution in [0.15, 0.2) is 0 Å². The van der Waals surface area contributed by atoms with E-state index in [0.717, 1.165) is 0 Å². The van der Waals surface area contributed by atoms with Crippen LogP contribution in [0, 0.1) is 0 Å². The van der Waals surface area contributed by atoms with Crippen molar-refractivity contribution in [3.8, 4) is 0 Å². The molecule has 0 aliphatic rings. The van der Waals surface area contributed by atoms with Gasteiger partial charge in [-0.05, 0) is 19.8 Å². The van der Waals surface area contributed by atoms with Crippen LogP contribution in [-0.2, 0) is 0 Å². The van der Waals surface area contributed by atoms with Crippen molar-refractivity contribution in [3.05, 3.63) is 0 Å². The van der Waals surface area contributed by atoms with E-state index in [2.05, 4.69) is 0 Å². The number of aliphatic hydroxyl groups is 4. The number of hydrogen-bond donors (Lipinski definition) is 4. The maximum absolute atomic E-state index is 9.69. The van der Waals surface area contributed by atoms with Gasteiger partial charge in [0.05, 0.1) is 12.2 Å². The normalized spacial score (nSPS) is 23.3. The summed E-state index contributed by atoms with van der Waals surface area (Å²) in [4.78, 5) is 0. The molecular formula is C9H20O4. The van der Waals surface area contributed by atoms with Crippen molar-refractivity contribution in [2.45, 2.75) is 57.5 Å². The van der Waals surface area contributed by atoms with Gasteiger partial charge in [0, 0.05) is 0 Å². The van der Waals surface area contributed by atoms with E-state index in [1.807, 2.05) is 0 Å². The topological polar surface area (TPSA) is 80.9 Å². The van der Waals surface area contributed by atoms with Crippen LogP contribution >= 0.6 is 0 Å². The first-order valence-corrected chi connectivity index (χ1v) is 4.64. The van der Waals surface area contributed by atoms with Crippen LogP contribution in [0.25, 0.3) is 0 Å². The van der Waals surface area contributed by atoms with Gasteiger partial charge in [-0.25, -0.2) is 0 Å². The SMILES string of the molecule is CCC(O)C(O)C(C)(O)C(O)CC. The Balaban J connectivity index is 4.42. The average molecular weight is 192 g/mol. The summed E-state index contributed by atoms with van der Waals surface area (Å²) in [5.41, 5.74) is -1.65. The van der Waals surface area contributed by atoms with Crippen molar-refractivity contribution in [1.29, 1.82) is 0 Å². The van der Waals surface area contributed by atoms with Gasteiger partial charge in [-0.15, -0.1) is 0 Å². The summed E-state index contributed by atoms with van der Waals surface area (Å²) < 4.78 is 0. The Labute approximate surface area is 78.8 Å². The highest BCUT2D eigenvalue weighted by molar-refractivity contribution is 4.91. The molecule has 0 rings (SSSR count). The number of rotatable bonds is 5. The molecule has 0 radical (unpaired) electrons. The average Bonchev–Trinajstić information content (AvgIpc) is 2.13. The van der Waals surface area contributed by atoms with Gasteiger partial charge < -0.3 is 20.4 Å². The Morgan fingerprint density at radius 3 is 1.85 bits per heavy atom. The van der Waals surface area contributed by atoms with E-state index >= 15 is 0 Å². The van der Waals surface area contributed by atoms with Crippen LogP contribution in [0.3, 0.4) is 0 Å². The minimum Gasteiger partial charge on any atom is -0.390 e. The van der Waals surface area contributed by atoms with Crippen molar-refractivity contribution < 1.29 is 20.4 Å². The lowest BCUT2D eigenvalue weighted by Crippen LogP contribution is -2.54. The first-order chi connectivity index (χ1) is 5.87. The Bertz CT molecular complexity index is 147. The van der Waals surface area contributed by atoms with Gasteiger partial charge in [0.25, 0.3) is 0 Å². The van der Waals surface area contributed by atoms with Gasteiger partial charge in [-0.3, -0.25) is 0 Å². The molecule has 4 N–H and O–H groups in total. The lowest BCUT2D eigenvalue weighted by atomic mass is 9.87. The molecule has 0 saturated heterocycles. The van der Waals surface area contributed by atoms with Gasteiger partial charge in [0.2, 0.25) is 0 Å². The van der Waals surface area contributed by atoms with Crippen molar-refractivity contribution in [2.75, 3.05) is 0 Å². The van der Waals surface area contributed by atoms with Gasteiger partial charge in [0.1, 0.15) is 11.7 Å². The minimum absolute atomic E-state index is 0.334. The smallest absolute Gasteiger partial charge is 0.116 e. The predicted molar refractivity (Wildman–Crippen MR) is 49.2 cm³/mol. The molecule has 0 heterocycles. The summed E-state index contributed by atoms with van der Waals surface area (Å²) in [6.45, 7) is 4.72. The van der Waals surface area contributed by atoms with Crippen molar-refractivity contribution in [2.24, 2.45) is 0 Å². The first-order valence-electron chi connectivity index (χ1n) is 4.64. The lowest BCUT2D eigenvalue weighted by molar-refractivity contribution is -0.167. The summed E-state index contributed by atoms with van der Waals surface area (Å²) in [5.74, 6) is 0. The van der Waals surface area contributed by atoms with E-state index in [9.17, 15) is 20.4 Å². The minimum atomic E-state index is -1.65. The second-order valence-electron chi connectivity index (χ2n) is 3.57. The number of hydrogen-bond acceptors (Lipinski definition) is 4. The van der Waals surface area contributed by atoms with Gasteiger partial charge in [-0.1, -0.05) is 13.8 Å². The maximum Gasteiger partial charge on any atom is 0.116 e. The Kier molecular flexibility index (Phi) is 4.85. The van der Waals surface area contributed by atoms with Crippen LogP contribution in [0.4, 0.5) is 0 Å². The third kappa shape index (κ3) is 2.91. The van der Waals surface area contributed by atoms with Gasteiger partial charge in [-0.2, -0.15) is 0 Å². The Morgan fingerprint density at radius 1 is 1.08 bits per heavy atom. The molecule has 0 saturated carbocycles. The summed E-state index contributed by atoms with van der Waals surface area (Å²) >= 11 is 0. The Hall–Kier alpha value is -0.160. The first kappa shape index (κ1) is 12.8. The van der Waals surface area contributed by atoms with Crippen molar-refractivity contribution >= 4 is 0 Å². The highest BCUT2D eigenvalue weighted by Gasteiger charge is 2.40. The third-order valence-corrected chi connectivity index (χ3v) is 2.44. The molecular weight excluding hydrogens is 172 g/mol. The van der Waals surface area contributed by atoms with E-state index in [0.29, 0.717) is 12.8 Å². The van der Waals surface area contributed by atoms with Crippen LogP contribution in [0.1, 0.15) is 33.6 Å². The van der Waals surface area contributed by atoms with Crippen LogP contribution in [0.5, 0.6) is 0 Å². The summed E-state index contributed by atoms with van der Waals surface area (Å²) in [5, 5.41) is 37.8. The van der Waals surface area contributed by atoms with E-state index in [-0.39, 0.29) is 0 Å². The molecule has 0 aliphatic heterocycles. The van der Waals surface area contributed by atoms with Crippen LogP contribution in [0.2, 0.25) is 0 Å². The molecule has 80 valence electrons. The molecule has 0 aromatic carbocycles. The molecule has 4 nitrogen and oxygen atoms in total. The molecule has 13 heavy (non-hydrogen) atoms. The second-order valence-corrected chi connectivity index (χ2v) is 3.57. The monoisotopic (exact) mass is 192 g/mol. The summed E-state index contributed by atoms with van der Waals surface area (Å²) in [7, 11) is 0. The fraction of sp³-hybridized carbons (Fsp3) is 1.00. The molecule has 4 atom stereocenters. The molecule has 0 amide bonds. The molecule has 0 aliphatic carbocycles.